The van der Waals surface area contributed by atoms with Gasteiger partial charge >= 0.3 is 17.9 Å². The van der Waals surface area contributed by atoms with E-state index < -0.39 is 29.2 Å². The van der Waals surface area contributed by atoms with Crippen LogP contribution in [0.3, 0.4) is 0 Å². The highest BCUT2D eigenvalue weighted by Gasteiger charge is 2.54. The molecule has 0 aromatic carbocycles. The number of carbonyl (C=O) groups excluding carboxylic acids is 2. The highest BCUT2D eigenvalue weighted by molar-refractivity contribution is 6.02. The van der Waals surface area contributed by atoms with Crippen molar-refractivity contribution in [3.63, 3.8) is 0 Å². The Hall–Kier alpha value is -1.91. The first-order valence-electron chi connectivity index (χ1n) is 6.37. The Labute approximate surface area is 110 Å². The van der Waals surface area contributed by atoms with Crippen LogP contribution in [0, 0.1) is 11.3 Å². The number of carboxylic acid groups (broad SMARTS) is 1. The molecular weight excluding hydrogens is 248 g/mol. The summed E-state index contributed by atoms with van der Waals surface area (Å²) in [7, 11) is 0. The Morgan fingerprint density at radius 2 is 2.21 bits per heavy atom. The number of aliphatic carboxylic acids is 1. The molecule has 5 heteroatoms. The Kier molecular flexibility index (Phi) is 3.55. The van der Waals surface area contributed by atoms with Crippen LogP contribution in [-0.2, 0) is 19.1 Å². The van der Waals surface area contributed by atoms with E-state index in [1.807, 2.05) is 13.0 Å². The highest BCUT2D eigenvalue weighted by Crippen LogP contribution is 2.45. The number of carboxylic acids is 1. The van der Waals surface area contributed by atoms with Crippen LogP contribution in [0.5, 0.6) is 0 Å². The van der Waals surface area contributed by atoms with Gasteiger partial charge in [0.2, 0.25) is 0 Å². The smallest absolute Gasteiger partial charge is 0.324 e. The van der Waals surface area contributed by atoms with Crippen molar-refractivity contribution in [2.24, 2.45) is 11.3 Å². The minimum atomic E-state index is -0.854. The molecule has 2 aliphatic rings. The molecule has 0 aromatic heterocycles. The van der Waals surface area contributed by atoms with Crippen LogP contribution in [-0.4, -0.2) is 23.0 Å². The molecule has 0 spiro atoms. The van der Waals surface area contributed by atoms with E-state index in [4.69, 9.17) is 9.84 Å². The predicted octanol–water partition coefficient (Wildman–Crippen LogP) is 1.83. The Morgan fingerprint density at radius 3 is 2.84 bits per heavy atom. The SMILES string of the molecule is CCC12C=CC(CCCC(=O)O)=CC1C(=O)OC2=O. The minimum Gasteiger partial charge on any atom is -0.481 e. The average molecular weight is 264 g/mol. The monoisotopic (exact) mass is 264 g/mol. The standard InChI is InChI=1S/C14H16O5/c1-2-14-7-6-9(4-3-5-11(15)16)8-10(14)12(17)19-13(14)18/h6-8,10H,2-5H2,1H3,(H,15,16). The van der Waals surface area contributed by atoms with E-state index in [1.165, 1.54) is 0 Å². The van der Waals surface area contributed by atoms with E-state index in [-0.39, 0.29) is 6.42 Å². The number of hydrogen-bond acceptors (Lipinski definition) is 4. The Balaban J connectivity index is 2.12. The van der Waals surface area contributed by atoms with E-state index >= 15 is 0 Å². The fourth-order valence-corrected chi connectivity index (χ4v) is 2.59. The number of rotatable bonds is 5. The first-order valence-corrected chi connectivity index (χ1v) is 6.37. The van der Waals surface area contributed by atoms with E-state index in [0.29, 0.717) is 19.3 Å². The normalized spacial score (nSPS) is 28.9. The molecule has 1 saturated heterocycles. The van der Waals surface area contributed by atoms with E-state index in [2.05, 4.69) is 0 Å². The summed E-state index contributed by atoms with van der Waals surface area (Å²) in [6, 6.07) is 0. The van der Waals surface area contributed by atoms with E-state index in [1.54, 1.807) is 12.2 Å². The van der Waals surface area contributed by atoms with E-state index in [9.17, 15) is 14.4 Å². The summed E-state index contributed by atoms with van der Waals surface area (Å²) in [6.45, 7) is 1.85. The number of fused-ring (bicyclic) bond motifs is 1. The lowest BCUT2D eigenvalue weighted by atomic mass is 9.71. The molecule has 5 nitrogen and oxygen atoms in total. The quantitative estimate of drug-likeness (QED) is 0.605. The maximum absolute atomic E-state index is 11.8. The average Bonchev–Trinajstić information content (AvgIpc) is 2.61. The predicted molar refractivity (Wildman–Crippen MR) is 66.0 cm³/mol. The van der Waals surface area contributed by atoms with Gasteiger partial charge in [-0.3, -0.25) is 14.4 Å². The molecule has 1 aliphatic carbocycles. The minimum absolute atomic E-state index is 0.0954. The highest BCUT2D eigenvalue weighted by atomic mass is 16.6. The lowest BCUT2D eigenvalue weighted by Gasteiger charge is -2.26. The number of hydrogen-bond donors (Lipinski definition) is 1. The fourth-order valence-electron chi connectivity index (χ4n) is 2.59. The van der Waals surface area contributed by atoms with Gasteiger partial charge in [0.25, 0.3) is 0 Å². The summed E-state index contributed by atoms with van der Waals surface area (Å²) in [5, 5.41) is 8.59. The van der Waals surface area contributed by atoms with Crippen LogP contribution in [0.25, 0.3) is 0 Å². The molecule has 2 unspecified atom stereocenters. The zero-order valence-electron chi connectivity index (χ0n) is 10.7. The van der Waals surface area contributed by atoms with Gasteiger partial charge in [0.05, 0.1) is 5.92 Å². The topological polar surface area (TPSA) is 80.7 Å². The number of cyclic esters (lactones) is 2. The maximum atomic E-state index is 11.8. The molecule has 19 heavy (non-hydrogen) atoms. The maximum Gasteiger partial charge on any atom is 0.324 e. The van der Waals surface area contributed by atoms with Gasteiger partial charge in [-0.2, -0.15) is 0 Å². The van der Waals surface area contributed by atoms with Crippen molar-refractivity contribution in [2.45, 2.75) is 32.6 Å². The Bertz CT molecular complexity index is 488. The summed E-state index contributed by atoms with van der Waals surface area (Å²) >= 11 is 0. The zero-order chi connectivity index (χ0) is 14.0. The molecule has 0 radical (unpaired) electrons. The molecule has 1 N–H and O–H groups in total. The number of allylic oxidation sites excluding steroid dienone is 2. The lowest BCUT2D eigenvalue weighted by Crippen LogP contribution is -2.32. The van der Waals surface area contributed by atoms with Gasteiger partial charge in [-0.1, -0.05) is 30.7 Å². The second-order valence-corrected chi connectivity index (χ2v) is 4.90. The number of carbonyl (C=O) groups is 3. The van der Waals surface area contributed by atoms with Gasteiger partial charge in [0.1, 0.15) is 5.41 Å². The van der Waals surface area contributed by atoms with Crippen LogP contribution in [0.15, 0.2) is 23.8 Å². The molecule has 2 rings (SSSR count). The zero-order valence-corrected chi connectivity index (χ0v) is 10.7. The second-order valence-electron chi connectivity index (χ2n) is 4.90. The van der Waals surface area contributed by atoms with Gasteiger partial charge in [0, 0.05) is 6.42 Å². The molecular formula is C14H16O5. The van der Waals surface area contributed by atoms with Crippen molar-refractivity contribution in [2.75, 3.05) is 0 Å². The largest absolute Gasteiger partial charge is 0.481 e. The molecule has 0 aromatic rings. The van der Waals surface area contributed by atoms with Gasteiger partial charge < -0.3 is 9.84 Å². The molecule has 0 amide bonds. The molecule has 1 heterocycles. The third-order valence-corrected chi connectivity index (χ3v) is 3.80. The van der Waals surface area contributed by atoms with Crippen molar-refractivity contribution in [3.8, 4) is 0 Å². The van der Waals surface area contributed by atoms with Crippen LogP contribution in [0.2, 0.25) is 0 Å². The summed E-state index contributed by atoms with van der Waals surface area (Å²) in [4.78, 5) is 33.9. The molecule has 2 atom stereocenters. The fraction of sp³-hybridized carbons (Fsp3) is 0.500. The van der Waals surface area contributed by atoms with Crippen molar-refractivity contribution >= 4 is 17.9 Å². The number of esters is 2. The van der Waals surface area contributed by atoms with Gasteiger partial charge in [-0.25, -0.2) is 0 Å². The van der Waals surface area contributed by atoms with Gasteiger partial charge in [0.15, 0.2) is 0 Å². The van der Waals surface area contributed by atoms with Crippen LogP contribution in [0.4, 0.5) is 0 Å². The Morgan fingerprint density at radius 1 is 1.47 bits per heavy atom. The molecule has 102 valence electrons. The third-order valence-electron chi connectivity index (χ3n) is 3.80. The summed E-state index contributed by atoms with van der Waals surface area (Å²) in [5.41, 5.74) is 0.0369. The van der Waals surface area contributed by atoms with Crippen molar-refractivity contribution < 1.29 is 24.2 Å². The molecule has 1 fully saturated rings. The third kappa shape index (κ3) is 2.32. The van der Waals surface area contributed by atoms with Gasteiger partial charge in [-0.05, 0) is 19.3 Å². The molecule has 0 saturated carbocycles. The van der Waals surface area contributed by atoms with Crippen LogP contribution >= 0.6 is 0 Å². The van der Waals surface area contributed by atoms with E-state index in [0.717, 1.165) is 5.57 Å². The second kappa shape index (κ2) is 4.99. The lowest BCUT2D eigenvalue weighted by molar-refractivity contribution is -0.154. The first kappa shape index (κ1) is 13.5. The van der Waals surface area contributed by atoms with Crippen LogP contribution < -0.4 is 0 Å². The summed E-state index contributed by atoms with van der Waals surface area (Å²) < 4.78 is 4.73. The van der Waals surface area contributed by atoms with Crippen molar-refractivity contribution in [3.05, 3.63) is 23.8 Å². The molecule has 0 bridgehead atoms. The first-order chi connectivity index (χ1) is 8.99. The molecule has 1 aliphatic heterocycles. The van der Waals surface area contributed by atoms with Crippen molar-refractivity contribution in [1.82, 2.24) is 0 Å². The van der Waals surface area contributed by atoms with Gasteiger partial charge in [-0.15, -0.1) is 0 Å². The summed E-state index contributed by atoms with van der Waals surface area (Å²) in [6.07, 6.45) is 7.00. The van der Waals surface area contributed by atoms with Crippen LogP contribution in [0.1, 0.15) is 32.6 Å². The summed E-state index contributed by atoms with van der Waals surface area (Å²) in [5.74, 6) is -2.39. The van der Waals surface area contributed by atoms with Crippen molar-refractivity contribution in [1.29, 1.82) is 0 Å². The number of ether oxygens (including phenoxy) is 1.